The molecule has 1 aromatic rings. The highest BCUT2D eigenvalue weighted by Crippen LogP contribution is 2.34. The van der Waals surface area contributed by atoms with Crippen molar-refractivity contribution in [2.24, 2.45) is 0 Å². The molecule has 0 radical (unpaired) electrons. The van der Waals surface area contributed by atoms with Gasteiger partial charge < -0.3 is 10.1 Å². The number of halogens is 2. The number of methoxy groups -OCH3 is 1. The van der Waals surface area contributed by atoms with Crippen molar-refractivity contribution in [1.29, 1.82) is 0 Å². The van der Waals surface area contributed by atoms with Gasteiger partial charge in [0.1, 0.15) is 5.75 Å². The monoisotopic (exact) mass is 361 g/mol. The highest BCUT2D eigenvalue weighted by atomic mass is 79.9. The molecule has 2 nitrogen and oxygen atoms in total. The summed E-state index contributed by atoms with van der Waals surface area (Å²) in [6, 6.07) is 4.37. The summed E-state index contributed by atoms with van der Waals surface area (Å²) in [5.74, 6) is 0.826. The molecule has 0 heterocycles. The Labute approximate surface area is 120 Å². The molecule has 1 rings (SSSR count). The summed E-state index contributed by atoms with van der Waals surface area (Å²) in [5, 5.41) is 3.45. The molecule has 94 valence electrons. The van der Waals surface area contributed by atoms with Gasteiger partial charge in [-0.2, -0.15) is 0 Å². The van der Waals surface area contributed by atoms with Crippen LogP contribution < -0.4 is 10.1 Å². The van der Waals surface area contributed by atoms with E-state index >= 15 is 0 Å². The minimum atomic E-state index is 0.398. The quantitative estimate of drug-likeness (QED) is 0.720. The molecule has 1 atom stereocenters. The molecule has 0 saturated heterocycles. The molecular weight excluding hydrogens is 346 g/mol. The number of hydrogen-bond donors (Lipinski definition) is 1. The first kappa shape index (κ1) is 14.6. The minimum Gasteiger partial charge on any atom is -0.495 e. The highest BCUT2D eigenvalue weighted by Gasteiger charge is 2.09. The second-order valence-corrected chi connectivity index (χ2v) is 5.59. The topological polar surface area (TPSA) is 21.3 Å². The lowest BCUT2D eigenvalue weighted by Crippen LogP contribution is -2.15. The lowest BCUT2D eigenvalue weighted by molar-refractivity contribution is 0.412. The number of hydrogen-bond acceptors (Lipinski definition) is 2. The Hall–Kier alpha value is -0.480. The van der Waals surface area contributed by atoms with Gasteiger partial charge in [-0.25, -0.2) is 0 Å². The summed E-state index contributed by atoms with van der Waals surface area (Å²) in [4.78, 5) is 0. The van der Waals surface area contributed by atoms with Crippen LogP contribution in [0, 0.1) is 0 Å². The molecule has 1 N–H and O–H groups in total. The molecule has 0 saturated carbocycles. The number of benzene rings is 1. The van der Waals surface area contributed by atoms with E-state index in [2.05, 4.69) is 50.7 Å². The van der Waals surface area contributed by atoms with Gasteiger partial charge in [-0.1, -0.05) is 6.08 Å². The number of anilines is 1. The van der Waals surface area contributed by atoms with Crippen LogP contribution in [0.25, 0.3) is 0 Å². The second-order valence-electron chi connectivity index (χ2n) is 3.88. The van der Waals surface area contributed by atoms with Crippen molar-refractivity contribution in [2.45, 2.75) is 25.8 Å². The van der Waals surface area contributed by atoms with E-state index in [0.29, 0.717) is 6.04 Å². The fourth-order valence-electron chi connectivity index (χ4n) is 1.50. The highest BCUT2D eigenvalue weighted by molar-refractivity contribution is 9.11. The Kier molecular flexibility index (Phi) is 6.06. The van der Waals surface area contributed by atoms with Gasteiger partial charge in [-0.05, 0) is 57.7 Å². The van der Waals surface area contributed by atoms with Gasteiger partial charge in [-0.3, -0.25) is 0 Å². The van der Waals surface area contributed by atoms with Crippen LogP contribution in [-0.4, -0.2) is 13.2 Å². The number of nitrogens with one attached hydrogen (secondary N) is 1. The Morgan fingerprint density at radius 3 is 2.71 bits per heavy atom. The summed E-state index contributed by atoms with van der Waals surface area (Å²) in [6.45, 7) is 5.89. The second kappa shape index (κ2) is 7.07. The maximum Gasteiger partial charge on any atom is 0.135 e. The molecule has 1 aromatic carbocycles. The van der Waals surface area contributed by atoms with Crippen LogP contribution in [0.5, 0.6) is 5.75 Å². The van der Waals surface area contributed by atoms with Crippen LogP contribution in [0.3, 0.4) is 0 Å². The van der Waals surface area contributed by atoms with Gasteiger partial charge in [0.25, 0.3) is 0 Å². The molecule has 4 heteroatoms. The van der Waals surface area contributed by atoms with Crippen molar-refractivity contribution in [3.63, 3.8) is 0 Å². The Balaban J connectivity index is 2.79. The number of ether oxygens (including phenoxy) is 1. The molecule has 0 spiro atoms. The maximum absolute atomic E-state index is 5.28. The van der Waals surface area contributed by atoms with E-state index in [4.69, 9.17) is 4.74 Å². The van der Waals surface area contributed by atoms with E-state index in [1.807, 2.05) is 18.2 Å². The molecule has 0 bridgehead atoms. The van der Waals surface area contributed by atoms with Crippen LogP contribution in [0.15, 0.2) is 33.7 Å². The summed E-state index contributed by atoms with van der Waals surface area (Å²) in [6.07, 6.45) is 4.02. The van der Waals surface area contributed by atoms with E-state index in [9.17, 15) is 0 Å². The predicted octanol–water partition coefficient (Wildman–Crippen LogP) is 4.99. The van der Waals surface area contributed by atoms with Gasteiger partial charge in [0.15, 0.2) is 0 Å². The van der Waals surface area contributed by atoms with Crippen molar-refractivity contribution >= 4 is 37.5 Å². The summed E-state index contributed by atoms with van der Waals surface area (Å²) >= 11 is 6.99. The number of rotatable bonds is 6. The van der Waals surface area contributed by atoms with Crippen molar-refractivity contribution in [3.05, 3.63) is 33.7 Å². The van der Waals surface area contributed by atoms with E-state index in [1.165, 1.54) is 0 Å². The van der Waals surface area contributed by atoms with E-state index in [0.717, 1.165) is 33.2 Å². The fraction of sp³-hybridized carbons (Fsp3) is 0.385. The van der Waals surface area contributed by atoms with Crippen molar-refractivity contribution in [1.82, 2.24) is 0 Å². The molecule has 0 aliphatic rings. The van der Waals surface area contributed by atoms with Gasteiger partial charge in [0.2, 0.25) is 0 Å². The third-order valence-electron chi connectivity index (χ3n) is 2.45. The van der Waals surface area contributed by atoms with Gasteiger partial charge in [0.05, 0.1) is 17.3 Å². The molecular formula is C13H17Br2NO. The molecule has 0 aromatic heterocycles. The standard InChI is InChI=1S/C13H17Br2NO/c1-4-5-6-9(2)16-12-8-13(17-3)11(15)7-10(12)14/h4,7-9,16H,1,5-6H2,2-3H3. The van der Waals surface area contributed by atoms with Crippen LogP contribution in [0.4, 0.5) is 5.69 Å². The van der Waals surface area contributed by atoms with Crippen LogP contribution in [0.2, 0.25) is 0 Å². The van der Waals surface area contributed by atoms with Crippen LogP contribution >= 0.6 is 31.9 Å². The Morgan fingerprint density at radius 1 is 1.41 bits per heavy atom. The first-order valence-electron chi connectivity index (χ1n) is 5.49. The minimum absolute atomic E-state index is 0.398. The summed E-state index contributed by atoms with van der Waals surface area (Å²) < 4.78 is 7.24. The molecule has 0 aliphatic carbocycles. The van der Waals surface area contributed by atoms with Crippen molar-refractivity contribution in [2.75, 3.05) is 12.4 Å². The maximum atomic E-state index is 5.28. The first-order chi connectivity index (χ1) is 8.08. The zero-order valence-corrected chi connectivity index (χ0v) is 13.3. The zero-order chi connectivity index (χ0) is 12.8. The molecule has 1 unspecified atom stereocenters. The summed E-state index contributed by atoms with van der Waals surface area (Å²) in [7, 11) is 1.67. The lowest BCUT2D eigenvalue weighted by Gasteiger charge is -2.17. The van der Waals surface area contributed by atoms with Crippen molar-refractivity contribution < 1.29 is 4.74 Å². The van der Waals surface area contributed by atoms with Gasteiger partial charge >= 0.3 is 0 Å². The van der Waals surface area contributed by atoms with E-state index < -0.39 is 0 Å². The van der Waals surface area contributed by atoms with Crippen molar-refractivity contribution in [3.8, 4) is 5.75 Å². The third-order valence-corrected chi connectivity index (χ3v) is 3.72. The van der Waals surface area contributed by atoms with Crippen LogP contribution in [0.1, 0.15) is 19.8 Å². The Bertz CT molecular complexity index is 393. The fourth-order valence-corrected chi connectivity index (χ4v) is 2.77. The average Bonchev–Trinajstić information content (AvgIpc) is 2.30. The average molecular weight is 363 g/mol. The van der Waals surface area contributed by atoms with Gasteiger partial charge in [-0.15, -0.1) is 6.58 Å². The molecule has 17 heavy (non-hydrogen) atoms. The molecule has 0 aliphatic heterocycles. The van der Waals surface area contributed by atoms with E-state index in [-0.39, 0.29) is 0 Å². The Morgan fingerprint density at radius 2 is 2.12 bits per heavy atom. The predicted molar refractivity (Wildman–Crippen MR) is 80.9 cm³/mol. The van der Waals surface area contributed by atoms with Crippen LogP contribution in [-0.2, 0) is 0 Å². The molecule has 0 amide bonds. The summed E-state index contributed by atoms with van der Waals surface area (Å²) in [5.41, 5.74) is 1.04. The zero-order valence-electron chi connectivity index (χ0n) is 10.1. The van der Waals surface area contributed by atoms with Gasteiger partial charge in [0, 0.05) is 16.6 Å². The normalized spacial score (nSPS) is 12.0. The third kappa shape index (κ3) is 4.36. The largest absolute Gasteiger partial charge is 0.495 e. The molecule has 0 fully saturated rings. The van der Waals surface area contributed by atoms with E-state index in [1.54, 1.807) is 7.11 Å². The first-order valence-corrected chi connectivity index (χ1v) is 7.07. The number of allylic oxidation sites excluding steroid dienone is 1. The SMILES string of the molecule is C=CCCC(C)Nc1cc(OC)c(Br)cc1Br. The smallest absolute Gasteiger partial charge is 0.135 e. The lowest BCUT2D eigenvalue weighted by atomic mass is 10.1.